The number of ether oxygens (including phenoxy) is 2. The van der Waals surface area contributed by atoms with E-state index in [1.165, 1.54) is 26.1 Å². The third-order valence-electron chi connectivity index (χ3n) is 4.16. The summed E-state index contributed by atoms with van der Waals surface area (Å²) >= 11 is 0. The highest BCUT2D eigenvalue weighted by Crippen LogP contribution is 2.23. The van der Waals surface area contributed by atoms with Crippen LogP contribution in [0.1, 0.15) is 36.0 Å². The van der Waals surface area contributed by atoms with Crippen LogP contribution in [0.15, 0.2) is 42.6 Å². The van der Waals surface area contributed by atoms with Gasteiger partial charge in [-0.2, -0.15) is 0 Å². The monoisotopic (exact) mass is 355 g/mol. The molecule has 2 aromatic rings. The maximum Gasteiger partial charge on any atom is 0.411 e. The highest BCUT2D eigenvalue weighted by molar-refractivity contribution is 6.04. The van der Waals surface area contributed by atoms with Gasteiger partial charge in [0.1, 0.15) is 6.10 Å². The van der Waals surface area contributed by atoms with Gasteiger partial charge in [0.2, 0.25) is 5.88 Å². The number of carbonyl (C=O) groups excluding carboxylic acids is 2. The third-order valence-corrected chi connectivity index (χ3v) is 4.16. The first-order valence-electron chi connectivity index (χ1n) is 8.53. The molecule has 3 rings (SSSR count). The highest BCUT2D eigenvalue weighted by atomic mass is 16.5. The van der Waals surface area contributed by atoms with Crippen molar-refractivity contribution in [1.82, 2.24) is 4.98 Å². The van der Waals surface area contributed by atoms with Crippen LogP contribution in [-0.2, 0) is 4.74 Å². The van der Waals surface area contributed by atoms with Crippen molar-refractivity contribution in [3.8, 4) is 5.88 Å². The number of pyridine rings is 1. The zero-order chi connectivity index (χ0) is 18.4. The molecule has 2 N–H and O–H groups in total. The molecule has 0 unspecified atom stereocenters. The van der Waals surface area contributed by atoms with E-state index in [0.717, 1.165) is 12.8 Å². The Kier molecular flexibility index (Phi) is 5.68. The van der Waals surface area contributed by atoms with E-state index in [1.807, 2.05) is 0 Å². The van der Waals surface area contributed by atoms with E-state index >= 15 is 0 Å². The first-order valence-corrected chi connectivity index (χ1v) is 8.53. The van der Waals surface area contributed by atoms with Crippen molar-refractivity contribution in [1.29, 1.82) is 0 Å². The average molecular weight is 355 g/mol. The van der Waals surface area contributed by atoms with Crippen molar-refractivity contribution in [2.75, 3.05) is 17.7 Å². The molecular weight excluding hydrogens is 334 g/mol. The number of hydrogen-bond acceptors (Lipinski definition) is 5. The minimum absolute atomic E-state index is 0.235. The lowest BCUT2D eigenvalue weighted by Crippen LogP contribution is -2.14. The van der Waals surface area contributed by atoms with Crippen LogP contribution in [0.2, 0.25) is 0 Å². The lowest BCUT2D eigenvalue weighted by Gasteiger charge is -2.12. The maximum absolute atomic E-state index is 12.3. The van der Waals surface area contributed by atoms with Crippen LogP contribution >= 0.6 is 0 Å². The number of nitrogens with zero attached hydrogens (tertiary/aromatic N) is 1. The molecule has 0 spiro atoms. The quantitative estimate of drug-likeness (QED) is 0.851. The van der Waals surface area contributed by atoms with Gasteiger partial charge in [0.05, 0.1) is 12.7 Å². The Bertz CT molecular complexity index is 753. The lowest BCUT2D eigenvalue weighted by molar-refractivity contribution is 0.102. The van der Waals surface area contributed by atoms with Crippen molar-refractivity contribution in [2.45, 2.75) is 31.8 Å². The Labute approximate surface area is 151 Å². The smallest absolute Gasteiger partial charge is 0.411 e. The van der Waals surface area contributed by atoms with E-state index in [4.69, 9.17) is 4.74 Å². The number of anilines is 2. The van der Waals surface area contributed by atoms with E-state index in [2.05, 4.69) is 20.4 Å². The molecule has 1 aliphatic rings. The standard InChI is InChI=1S/C19H21N3O4/c1-25-19(24)22-15-9-7-14(8-10-15)21-18(23)13-6-11-17(20-12-13)26-16-4-2-3-5-16/h6-12,16H,2-5H2,1H3,(H,21,23)(H,22,24). The highest BCUT2D eigenvalue weighted by Gasteiger charge is 2.17. The van der Waals surface area contributed by atoms with Gasteiger partial charge < -0.3 is 14.8 Å². The number of aromatic nitrogens is 1. The minimum Gasteiger partial charge on any atom is -0.474 e. The summed E-state index contributed by atoms with van der Waals surface area (Å²) in [6.45, 7) is 0. The summed E-state index contributed by atoms with van der Waals surface area (Å²) in [4.78, 5) is 27.7. The van der Waals surface area contributed by atoms with Gasteiger partial charge in [0.25, 0.3) is 5.91 Å². The molecule has 0 atom stereocenters. The van der Waals surface area contributed by atoms with Gasteiger partial charge in [-0.1, -0.05) is 0 Å². The van der Waals surface area contributed by atoms with E-state index in [0.29, 0.717) is 22.8 Å². The summed E-state index contributed by atoms with van der Waals surface area (Å²) in [5, 5.41) is 5.32. The fourth-order valence-electron chi connectivity index (χ4n) is 2.77. The SMILES string of the molecule is COC(=O)Nc1ccc(NC(=O)c2ccc(OC3CCCC3)nc2)cc1. The zero-order valence-electron chi connectivity index (χ0n) is 14.5. The van der Waals surface area contributed by atoms with Gasteiger partial charge in [-0.15, -0.1) is 0 Å². The van der Waals surface area contributed by atoms with Gasteiger partial charge in [0, 0.05) is 23.6 Å². The van der Waals surface area contributed by atoms with Crippen molar-refractivity contribution in [3.63, 3.8) is 0 Å². The first-order chi connectivity index (χ1) is 12.6. The normalized spacial score (nSPS) is 13.9. The summed E-state index contributed by atoms with van der Waals surface area (Å²) in [7, 11) is 1.29. The van der Waals surface area contributed by atoms with Gasteiger partial charge in [-0.05, 0) is 56.0 Å². The number of methoxy groups -OCH3 is 1. The molecule has 1 saturated carbocycles. The Morgan fingerprint density at radius 2 is 1.65 bits per heavy atom. The second-order valence-electron chi connectivity index (χ2n) is 6.06. The summed E-state index contributed by atoms with van der Waals surface area (Å²) in [6, 6.07) is 10.1. The molecule has 1 aliphatic carbocycles. The molecule has 0 saturated heterocycles. The predicted octanol–water partition coefficient (Wildman–Crippen LogP) is 3.83. The molecule has 1 aromatic carbocycles. The van der Waals surface area contributed by atoms with Crippen LogP contribution in [0.5, 0.6) is 5.88 Å². The molecule has 7 heteroatoms. The molecule has 136 valence electrons. The summed E-state index contributed by atoms with van der Waals surface area (Å²) in [5.41, 5.74) is 1.63. The summed E-state index contributed by atoms with van der Waals surface area (Å²) in [6.07, 6.45) is 5.70. The largest absolute Gasteiger partial charge is 0.474 e. The van der Waals surface area contributed by atoms with Crippen LogP contribution in [0.3, 0.4) is 0 Å². The molecule has 1 aromatic heterocycles. The molecule has 0 aliphatic heterocycles. The molecule has 0 radical (unpaired) electrons. The maximum atomic E-state index is 12.3. The fraction of sp³-hybridized carbons (Fsp3) is 0.316. The first kappa shape index (κ1) is 17.7. The second kappa shape index (κ2) is 8.33. The Hall–Kier alpha value is -3.09. The molecular formula is C19H21N3O4. The third kappa shape index (κ3) is 4.72. The van der Waals surface area contributed by atoms with E-state index in [9.17, 15) is 9.59 Å². The number of amides is 2. The van der Waals surface area contributed by atoms with E-state index in [1.54, 1.807) is 36.4 Å². The van der Waals surface area contributed by atoms with Crippen LogP contribution < -0.4 is 15.4 Å². The fourth-order valence-corrected chi connectivity index (χ4v) is 2.77. The van der Waals surface area contributed by atoms with Crippen LogP contribution in [0.25, 0.3) is 0 Å². The van der Waals surface area contributed by atoms with Gasteiger partial charge in [-0.3, -0.25) is 10.1 Å². The van der Waals surface area contributed by atoms with E-state index < -0.39 is 6.09 Å². The number of carbonyl (C=O) groups is 2. The molecule has 0 bridgehead atoms. The number of hydrogen-bond donors (Lipinski definition) is 2. The Morgan fingerprint density at radius 3 is 2.23 bits per heavy atom. The molecule has 1 fully saturated rings. The van der Waals surface area contributed by atoms with Crippen LogP contribution in [0, 0.1) is 0 Å². The van der Waals surface area contributed by atoms with Gasteiger partial charge in [0.15, 0.2) is 0 Å². The lowest BCUT2D eigenvalue weighted by atomic mass is 10.2. The van der Waals surface area contributed by atoms with Gasteiger partial charge >= 0.3 is 6.09 Å². The topological polar surface area (TPSA) is 89.6 Å². The number of rotatable bonds is 5. The second-order valence-corrected chi connectivity index (χ2v) is 6.06. The van der Waals surface area contributed by atoms with Crippen molar-refractivity contribution in [3.05, 3.63) is 48.2 Å². The van der Waals surface area contributed by atoms with Gasteiger partial charge in [-0.25, -0.2) is 9.78 Å². The van der Waals surface area contributed by atoms with E-state index in [-0.39, 0.29) is 12.0 Å². The Balaban J connectivity index is 1.56. The van der Waals surface area contributed by atoms with Crippen molar-refractivity contribution >= 4 is 23.4 Å². The molecule has 7 nitrogen and oxygen atoms in total. The van der Waals surface area contributed by atoms with Crippen LogP contribution in [0.4, 0.5) is 16.2 Å². The number of benzene rings is 1. The molecule has 2 amide bonds. The van der Waals surface area contributed by atoms with Crippen molar-refractivity contribution in [2.24, 2.45) is 0 Å². The van der Waals surface area contributed by atoms with Crippen molar-refractivity contribution < 1.29 is 19.1 Å². The van der Waals surface area contributed by atoms with Crippen LogP contribution in [-0.4, -0.2) is 30.2 Å². The molecule has 26 heavy (non-hydrogen) atoms. The summed E-state index contributed by atoms with van der Waals surface area (Å²) < 4.78 is 10.3. The Morgan fingerprint density at radius 1 is 1.00 bits per heavy atom. The molecule has 1 heterocycles. The number of nitrogens with one attached hydrogen (secondary N) is 2. The summed E-state index contributed by atoms with van der Waals surface area (Å²) in [5.74, 6) is 0.283. The zero-order valence-corrected chi connectivity index (χ0v) is 14.5. The average Bonchev–Trinajstić information content (AvgIpc) is 3.17. The predicted molar refractivity (Wildman–Crippen MR) is 97.5 cm³/mol. The minimum atomic E-state index is -0.548.